The quantitative estimate of drug-likeness (QED) is 0.781. The Bertz CT molecular complexity index is 247. The van der Waals surface area contributed by atoms with Crippen molar-refractivity contribution in [2.24, 2.45) is 0 Å². The fraction of sp³-hybridized carbons (Fsp3) is 0.750. The molecule has 0 saturated heterocycles. The molecule has 0 amide bonds. The van der Waals surface area contributed by atoms with E-state index in [4.69, 9.17) is 0 Å². The molecule has 1 rings (SSSR count). The van der Waals surface area contributed by atoms with Crippen molar-refractivity contribution >= 4 is 11.5 Å². The van der Waals surface area contributed by atoms with Gasteiger partial charge in [0.05, 0.1) is 6.10 Å². The summed E-state index contributed by atoms with van der Waals surface area (Å²) in [4.78, 5) is 4.25. The van der Waals surface area contributed by atoms with Gasteiger partial charge in [-0.1, -0.05) is 6.92 Å². The van der Waals surface area contributed by atoms with Crippen molar-refractivity contribution in [3.05, 3.63) is 10.8 Å². The third-order valence-electron chi connectivity index (χ3n) is 1.88. The van der Waals surface area contributed by atoms with Crippen LogP contribution in [0.3, 0.4) is 0 Å². The lowest BCUT2D eigenvalue weighted by Gasteiger charge is -2.13. The molecule has 1 aromatic rings. The minimum absolute atomic E-state index is 0.149. The van der Waals surface area contributed by atoms with Gasteiger partial charge in [-0.15, -0.1) is 0 Å². The molecule has 0 aliphatic carbocycles. The number of nitrogens with zero attached hydrogens (tertiary/aromatic N) is 2. The molecule has 1 aromatic heterocycles. The van der Waals surface area contributed by atoms with E-state index in [1.807, 2.05) is 13.8 Å². The molecule has 1 heterocycles. The SMILES string of the molecule is CCC(c1nc(C)ns1)C(C)O. The zero-order valence-corrected chi connectivity index (χ0v) is 8.43. The van der Waals surface area contributed by atoms with Crippen LogP contribution in [-0.2, 0) is 0 Å². The van der Waals surface area contributed by atoms with Gasteiger partial charge in [-0.05, 0) is 31.8 Å². The van der Waals surface area contributed by atoms with Gasteiger partial charge < -0.3 is 5.11 Å². The van der Waals surface area contributed by atoms with Gasteiger partial charge >= 0.3 is 0 Å². The summed E-state index contributed by atoms with van der Waals surface area (Å²) in [6.45, 7) is 5.72. The van der Waals surface area contributed by atoms with Crippen LogP contribution in [0.1, 0.15) is 37.0 Å². The lowest BCUT2D eigenvalue weighted by Crippen LogP contribution is -2.13. The second kappa shape index (κ2) is 3.96. The van der Waals surface area contributed by atoms with Crippen molar-refractivity contribution in [2.45, 2.75) is 39.2 Å². The zero-order valence-electron chi connectivity index (χ0n) is 7.61. The first-order valence-corrected chi connectivity index (χ1v) is 4.90. The van der Waals surface area contributed by atoms with Gasteiger partial charge in [0.15, 0.2) is 0 Å². The summed E-state index contributed by atoms with van der Waals surface area (Å²) < 4.78 is 4.09. The van der Waals surface area contributed by atoms with E-state index in [2.05, 4.69) is 9.36 Å². The summed E-state index contributed by atoms with van der Waals surface area (Å²) in [5.41, 5.74) is 0. The van der Waals surface area contributed by atoms with Crippen LogP contribution in [-0.4, -0.2) is 20.6 Å². The first kappa shape index (κ1) is 9.61. The Balaban J connectivity index is 2.80. The highest BCUT2D eigenvalue weighted by atomic mass is 32.1. The number of rotatable bonds is 3. The fourth-order valence-electron chi connectivity index (χ4n) is 1.19. The van der Waals surface area contributed by atoms with E-state index >= 15 is 0 Å². The molecule has 2 unspecified atom stereocenters. The first-order chi connectivity index (χ1) is 5.65. The maximum Gasteiger partial charge on any atom is 0.139 e. The summed E-state index contributed by atoms with van der Waals surface area (Å²) >= 11 is 1.39. The number of hydrogen-bond acceptors (Lipinski definition) is 4. The molecule has 1 N–H and O–H groups in total. The van der Waals surface area contributed by atoms with Crippen molar-refractivity contribution in [2.75, 3.05) is 0 Å². The lowest BCUT2D eigenvalue weighted by molar-refractivity contribution is 0.159. The number of aliphatic hydroxyl groups is 1. The predicted molar refractivity (Wildman–Crippen MR) is 49.4 cm³/mol. The van der Waals surface area contributed by atoms with E-state index < -0.39 is 0 Å². The summed E-state index contributed by atoms with van der Waals surface area (Å²) in [6.07, 6.45) is 0.578. The summed E-state index contributed by atoms with van der Waals surface area (Å²) in [5.74, 6) is 0.949. The van der Waals surface area contributed by atoms with E-state index in [0.717, 1.165) is 17.3 Å². The van der Waals surface area contributed by atoms with Crippen LogP contribution in [0.4, 0.5) is 0 Å². The maximum absolute atomic E-state index is 9.41. The molecule has 0 aliphatic rings. The highest BCUT2D eigenvalue weighted by molar-refractivity contribution is 7.05. The van der Waals surface area contributed by atoms with Crippen molar-refractivity contribution in [1.82, 2.24) is 9.36 Å². The highest BCUT2D eigenvalue weighted by Gasteiger charge is 2.18. The molecule has 0 aromatic carbocycles. The number of aliphatic hydroxyl groups excluding tert-OH is 1. The molecule has 0 aliphatic heterocycles. The van der Waals surface area contributed by atoms with Crippen LogP contribution in [0.2, 0.25) is 0 Å². The molecule has 0 saturated carbocycles. The topological polar surface area (TPSA) is 46.0 Å². The molecule has 4 heteroatoms. The Morgan fingerprint density at radius 1 is 1.58 bits per heavy atom. The Labute approximate surface area is 76.6 Å². The predicted octanol–water partition coefficient (Wildman–Crippen LogP) is 1.72. The number of hydrogen-bond donors (Lipinski definition) is 1. The molecule has 0 radical (unpaired) electrons. The maximum atomic E-state index is 9.41. The largest absolute Gasteiger partial charge is 0.393 e. The average molecular weight is 186 g/mol. The van der Waals surface area contributed by atoms with Crippen LogP contribution >= 0.6 is 11.5 Å². The van der Waals surface area contributed by atoms with E-state index in [1.54, 1.807) is 6.92 Å². The third kappa shape index (κ3) is 2.01. The van der Waals surface area contributed by atoms with Gasteiger partial charge in [0.2, 0.25) is 0 Å². The van der Waals surface area contributed by atoms with Gasteiger partial charge in [0, 0.05) is 5.92 Å². The van der Waals surface area contributed by atoms with E-state index in [-0.39, 0.29) is 12.0 Å². The third-order valence-corrected chi connectivity index (χ3v) is 2.82. The molecule has 68 valence electrons. The fourth-order valence-corrected chi connectivity index (χ4v) is 2.12. The standard InChI is InChI=1S/C8H14N2OS/c1-4-7(5(2)11)8-9-6(3)10-12-8/h5,7,11H,4H2,1-3H3. The Morgan fingerprint density at radius 2 is 2.25 bits per heavy atom. The molecule has 3 nitrogen and oxygen atoms in total. The van der Waals surface area contributed by atoms with Gasteiger partial charge in [-0.25, -0.2) is 4.98 Å². The monoisotopic (exact) mass is 186 g/mol. The zero-order chi connectivity index (χ0) is 9.14. The van der Waals surface area contributed by atoms with Gasteiger partial charge in [-0.3, -0.25) is 0 Å². The molecule has 0 spiro atoms. The molecular weight excluding hydrogens is 172 g/mol. The average Bonchev–Trinajstić information content (AvgIpc) is 2.37. The normalized spacial score (nSPS) is 16.0. The Kier molecular flexibility index (Phi) is 3.17. The molecular formula is C8H14N2OS. The molecule has 2 atom stereocenters. The summed E-state index contributed by atoms with van der Waals surface area (Å²) in [6, 6.07) is 0. The van der Waals surface area contributed by atoms with Crippen LogP contribution in [0.5, 0.6) is 0 Å². The van der Waals surface area contributed by atoms with Crippen LogP contribution in [0.25, 0.3) is 0 Å². The number of aromatic nitrogens is 2. The molecule has 0 bridgehead atoms. The number of aryl methyl sites for hydroxylation is 1. The highest BCUT2D eigenvalue weighted by Crippen LogP contribution is 2.24. The van der Waals surface area contributed by atoms with Crippen molar-refractivity contribution in [1.29, 1.82) is 0 Å². The van der Waals surface area contributed by atoms with Gasteiger partial charge in [0.25, 0.3) is 0 Å². The van der Waals surface area contributed by atoms with Crippen molar-refractivity contribution in [3.63, 3.8) is 0 Å². The molecule has 12 heavy (non-hydrogen) atoms. The smallest absolute Gasteiger partial charge is 0.139 e. The minimum atomic E-state index is -0.331. The summed E-state index contributed by atoms with van der Waals surface area (Å²) in [7, 11) is 0. The second-order valence-electron chi connectivity index (χ2n) is 2.94. The first-order valence-electron chi connectivity index (χ1n) is 4.13. The van der Waals surface area contributed by atoms with E-state index in [9.17, 15) is 5.11 Å². The van der Waals surface area contributed by atoms with Crippen LogP contribution in [0.15, 0.2) is 0 Å². The van der Waals surface area contributed by atoms with Crippen LogP contribution < -0.4 is 0 Å². The van der Waals surface area contributed by atoms with Gasteiger partial charge in [-0.2, -0.15) is 4.37 Å². The Morgan fingerprint density at radius 3 is 2.58 bits per heavy atom. The summed E-state index contributed by atoms with van der Waals surface area (Å²) in [5, 5.41) is 10.4. The minimum Gasteiger partial charge on any atom is -0.393 e. The lowest BCUT2D eigenvalue weighted by atomic mass is 10.0. The van der Waals surface area contributed by atoms with Crippen molar-refractivity contribution < 1.29 is 5.11 Å². The van der Waals surface area contributed by atoms with E-state index in [1.165, 1.54) is 11.5 Å². The molecule has 0 fully saturated rings. The van der Waals surface area contributed by atoms with Crippen molar-refractivity contribution in [3.8, 4) is 0 Å². The van der Waals surface area contributed by atoms with E-state index in [0.29, 0.717) is 0 Å². The second-order valence-corrected chi connectivity index (χ2v) is 3.72. The van der Waals surface area contributed by atoms with Crippen LogP contribution in [0, 0.1) is 6.92 Å². The Hall–Kier alpha value is -0.480. The van der Waals surface area contributed by atoms with Gasteiger partial charge in [0.1, 0.15) is 10.8 Å².